The molecule has 0 bridgehead atoms. The van der Waals surface area contributed by atoms with Crippen molar-refractivity contribution in [3.63, 3.8) is 0 Å². The highest BCUT2D eigenvalue weighted by Gasteiger charge is 2.55. The van der Waals surface area contributed by atoms with E-state index >= 15 is 0 Å². The van der Waals surface area contributed by atoms with Gasteiger partial charge in [-0.15, -0.1) is 0 Å². The summed E-state index contributed by atoms with van der Waals surface area (Å²) in [6, 6.07) is 5.82. The molecule has 0 spiro atoms. The molecule has 2 saturated heterocycles. The lowest BCUT2D eigenvalue weighted by molar-refractivity contribution is -0.134. The lowest BCUT2D eigenvalue weighted by Crippen LogP contribution is -2.57. The van der Waals surface area contributed by atoms with Gasteiger partial charge in [0.05, 0.1) is 5.60 Å². The SMILES string of the molecule is COC(C)(C)CCN1C(=O)N[C@@](Cc2ccc(F)cc2)(C2CCNCC2)C1=O. The van der Waals surface area contributed by atoms with Crippen LogP contribution in [0.5, 0.6) is 0 Å². The molecule has 2 fully saturated rings. The van der Waals surface area contributed by atoms with E-state index < -0.39 is 11.1 Å². The van der Waals surface area contributed by atoms with Gasteiger partial charge in [0.15, 0.2) is 0 Å². The van der Waals surface area contributed by atoms with Gasteiger partial charge in [-0.2, -0.15) is 0 Å². The average Bonchev–Trinajstić information content (AvgIpc) is 2.93. The standard InChI is InChI=1S/C21H30FN3O3/c1-20(2,28-3)10-13-25-18(26)21(24-19(25)27,16-8-11-23-12-9-16)14-15-4-6-17(22)7-5-15/h4-7,16,23H,8-14H2,1-3H3,(H,24,27)/t21-/m0/s1. The van der Waals surface area contributed by atoms with Crippen LogP contribution in [-0.4, -0.2) is 54.7 Å². The number of halogens is 1. The molecule has 0 aromatic heterocycles. The zero-order valence-corrected chi connectivity index (χ0v) is 16.9. The first kappa shape index (κ1) is 20.7. The van der Waals surface area contributed by atoms with Gasteiger partial charge in [0.2, 0.25) is 0 Å². The number of ether oxygens (including phenoxy) is 1. The van der Waals surface area contributed by atoms with Gasteiger partial charge in [-0.05, 0) is 69.8 Å². The second-order valence-corrected chi connectivity index (χ2v) is 8.40. The molecule has 1 atom stereocenters. The summed E-state index contributed by atoms with van der Waals surface area (Å²) in [6.07, 6.45) is 2.55. The Morgan fingerprint density at radius 2 is 1.86 bits per heavy atom. The lowest BCUT2D eigenvalue weighted by atomic mass is 9.74. The van der Waals surface area contributed by atoms with Gasteiger partial charge < -0.3 is 15.4 Å². The molecule has 2 heterocycles. The fourth-order valence-electron chi connectivity index (χ4n) is 4.11. The van der Waals surface area contributed by atoms with Crippen LogP contribution in [0.4, 0.5) is 9.18 Å². The van der Waals surface area contributed by atoms with Crippen LogP contribution in [0.15, 0.2) is 24.3 Å². The minimum absolute atomic E-state index is 0.0377. The first-order valence-electron chi connectivity index (χ1n) is 9.92. The summed E-state index contributed by atoms with van der Waals surface area (Å²) in [5.41, 5.74) is -0.557. The second kappa shape index (κ2) is 8.17. The summed E-state index contributed by atoms with van der Waals surface area (Å²) in [7, 11) is 1.62. The molecule has 0 unspecified atom stereocenters. The lowest BCUT2D eigenvalue weighted by Gasteiger charge is -2.38. The highest BCUT2D eigenvalue weighted by molar-refractivity contribution is 6.07. The highest BCUT2D eigenvalue weighted by atomic mass is 19.1. The zero-order chi connectivity index (χ0) is 20.4. The van der Waals surface area contributed by atoms with Crippen LogP contribution >= 0.6 is 0 Å². The Balaban J connectivity index is 1.87. The molecule has 3 rings (SSSR count). The molecule has 2 aliphatic rings. The number of nitrogens with zero attached hydrogens (tertiary/aromatic N) is 1. The molecule has 0 radical (unpaired) electrons. The normalized spacial score (nSPS) is 23.9. The van der Waals surface area contributed by atoms with E-state index in [4.69, 9.17) is 4.74 Å². The molecule has 3 amide bonds. The quantitative estimate of drug-likeness (QED) is 0.701. The molecule has 6 nitrogen and oxygen atoms in total. The maximum Gasteiger partial charge on any atom is 0.325 e. The number of imide groups is 1. The fraction of sp³-hybridized carbons (Fsp3) is 0.619. The smallest absolute Gasteiger partial charge is 0.325 e. The van der Waals surface area contributed by atoms with Crippen LogP contribution in [0.2, 0.25) is 0 Å². The number of hydrogen-bond acceptors (Lipinski definition) is 4. The Labute approximate surface area is 165 Å². The summed E-state index contributed by atoms with van der Waals surface area (Å²) in [5.74, 6) is -0.457. The zero-order valence-electron chi connectivity index (χ0n) is 16.9. The third-order valence-electron chi connectivity index (χ3n) is 6.12. The van der Waals surface area contributed by atoms with E-state index in [0.29, 0.717) is 19.4 Å². The van der Waals surface area contributed by atoms with Crippen molar-refractivity contribution in [2.75, 3.05) is 26.7 Å². The van der Waals surface area contributed by atoms with E-state index in [1.54, 1.807) is 19.2 Å². The van der Waals surface area contributed by atoms with Crippen LogP contribution < -0.4 is 10.6 Å². The Hall–Kier alpha value is -1.99. The maximum absolute atomic E-state index is 13.5. The number of amides is 3. The van der Waals surface area contributed by atoms with Crippen molar-refractivity contribution in [3.8, 4) is 0 Å². The molecule has 2 aliphatic heterocycles. The van der Waals surface area contributed by atoms with Gasteiger partial charge in [0, 0.05) is 20.1 Å². The predicted octanol–water partition coefficient (Wildman–Crippen LogP) is 2.47. The van der Waals surface area contributed by atoms with Crippen LogP contribution in [0.25, 0.3) is 0 Å². The Kier molecular flexibility index (Phi) is 6.05. The van der Waals surface area contributed by atoms with Crippen molar-refractivity contribution in [3.05, 3.63) is 35.6 Å². The van der Waals surface area contributed by atoms with Crippen molar-refractivity contribution < 1.29 is 18.7 Å². The molecular formula is C21H30FN3O3. The van der Waals surface area contributed by atoms with E-state index in [9.17, 15) is 14.0 Å². The monoisotopic (exact) mass is 391 g/mol. The van der Waals surface area contributed by atoms with Gasteiger partial charge >= 0.3 is 6.03 Å². The molecule has 154 valence electrons. The number of hydrogen-bond donors (Lipinski definition) is 2. The third-order valence-corrected chi connectivity index (χ3v) is 6.12. The van der Waals surface area contributed by atoms with Crippen LogP contribution in [0.1, 0.15) is 38.7 Å². The third kappa shape index (κ3) is 4.20. The number of piperidine rings is 1. The van der Waals surface area contributed by atoms with Gasteiger partial charge in [0.1, 0.15) is 11.4 Å². The van der Waals surface area contributed by atoms with E-state index in [1.807, 2.05) is 13.8 Å². The topological polar surface area (TPSA) is 70.7 Å². The number of carbonyl (C=O) groups is 2. The van der Waals surface area contributed by atoms with E-state index in [-0.39, 0.29) is 23.7 Å². The van der Waals surface area contributed by atoms with Crippen LogP contribution in [0.3, 0.4) is 0 Å². The number of urea groups is 1. The average molecular weight is 391 g/mol. The number of rotatable bonds is 7. The maximum atomic E-state index is 13.5. The van der Waals surface area contributed by atoms with E-state index in [0.717, 1.165) is 31.5 Å². The van der Waals surface area contributed by atoms with Gasteiger partial charge in [-0.3, -0.25) is 9.69 Å². The largest absolute Gasteiger partial charge is 0.379 e. The molecule has 0 saturated carbocycles. The minimum Gasteiger partial charge on any atom is -0.379 e. The number of carbonyl (C=O) groups excluding carboxylic acids is 2. The van der Waals surface area contributed by atoms with Crippen LogP contribution in [0, 0.1) is 11.7 Å². The summed E-state index contributed by atoms with van der Waals surface area (Å²) >= 11 is 0. The van der Waals surface area contributed by atoms with Crippen molar-refractivity contribution in [1.82, 2.24) is 15.5 Å². The summed E-state index contributed by atoms with van der Waals surface area (Å²) in [4.78, 5) is 27.6. The summed E-state index contributed by atoms with van der Waals surface area (Å²) in [6.45, 7) is 5.81. The van der Waals surface area contributed by atoms with Crippen molar-refractivity contribution in [2.24, 2.45) is 5.92 Å². The predicted molar refractivity (Wildman–Crippen MR) is 104 cm³/mol. The van der Waals surface area contributed by atoms with Gasteiger partial charge in [-0.25, -0.2) is 9.18 Å². The first-order chi connectivity index (χ1) is 13.3. The molecule has 0 aliphatic carbocycles. The first-order valence-corrected chi connectivity index (χ1v) is 9.92. The number of nitrogens with one attached hydrogen (secondary N) is 2. The van der Waals surface area contributed by atoms with Gasteiger partial charge in [0.25, 0.3) is 5.91 Å². The van der Waals surface area contributed by atoms with Gasteiger partial charge in [-0.1, -0.05) is 12.1 Å². The Bertz CT molecular complexity index is 716. The molecular weight excluding hydrogens is 361 g/mol. The minimum atomic E-state index is -0.978. The molecule has 1 aromatic carbocycles. The molecule has 7 heteroatoms. The highest BCUT2D eigenvalue weighted by Crippen LogP contribution is 2.35. The van der Waals surface area contributed by atoms with Crippen molar-refractivity contribution in [1.29, 1.82) is 0 Å². The molecule has 28 heavy (non-hydrogen) atoms. The molecule has 2 N–H and O–H groups in total. The van der Waals surface area contributed by atoms with Crippen molar-refractivity contribution in [2.45, 2.75) is 50.7 Å². The van der Waals surface area contributed by atoms with E-state index in [2.05, 4.69) is 10.6 Å². The summed E-state index contributed by atoms with van der Waals surface area (Å²) < 4.78 is 18.8. The summed E-state index contributed by atoms with van der Waals surface area (Å²) in [5, 5.41) is 6.34. The number of benzene rings is 1. The second-order valence-electron chi connectivity index (χ2n) is 8.40. The van der Waals surface area contributed by atoms with E-state index in [1.165, 1.54) is 17.0 Å². The fourth-order valence-corrected chi connectivity index (χ4v) is 4.11. The number of methoxy groups -OCH3 is 1. The van der Waals surface area contributed by atoms with Crippen molar-refractivity contribution >= 4 is 11.9 Å². The van der Waals surface area contributed by atoms with Crippen LogP contribution in [-0.2, 0) is 16.0 Å². The Morgan fingerprint density at radius 3 is 2.46 bits per heavy atom. The Morgan fingerprint density at radius 1 is 1.21 bits per heavy atom. The molecule has 1 aromatic rings.